The van der Waals surface area contributed by atoms with Gasteiger partial charge in [-0.1, -0.05) is 11.6 Å². The Morgan fingerprint density at radius 1 is 1.73 bits per heavy atom. The highest BCUT2D eigenvalue weighted by Gasteiger charge is 2.01. The number of aliphatic imine (C=N–C) groups is 2. The SMILES string of the molecule is C=N/C(=C\N=C(C)Cl)C(=O)O. The first-order valence-corrected chi connectivity index (χ1v) is 3.05. The minimum atomic E-state index is -1.18. The Morgan fingerprint density at radius 3 is 2.55 bits per heavy atom. The number of rotatable bonds is 3. The van der Waals surface area contributed by atoms with E-state index in [4.69, 9.17) is 16.7 Å². The van der Waals surface area contributed by atoms with E-state index in [1.165, 1.54) is 6.92 Å². The van der Waals surface area contributed by atoms with E-state index in [1.807, 2.05) is 0 Å². The molecule has 0 unspecified atom stereocenters. The van der Waals surface area contributed by atoms with Gasteiger partial charge in [-0.05, 0) is 13.6 Å². The first-order valence-electron chi connectivity index (χ1n) is 2.68. The Kier molecular flexibility index (Phi) is 4.14. The van der Waals surface area contributed by atoms with Gasteiger partial charge in [0.05, 0.1) is 6.20 Å². The number of nitrogens with zero attached hydrogens (tertiary/aromatic N) is 2. The molecule has 0 spiro atoms. The highest BCUT2D eigenvalue weighted by Crippen LogP contribution is 1.96. The number of carboxylic acids is 1. The van der Waals surface area contributed by atoms with E-state index >= 15 is 0 Å². The van der Waals surface area contributed by atoms with E-state index < -0.39 is 5.97 Å². The molecule has 4 nitrogen and oxygen atoms in total. The van der Waals surface area contributed by atoms with Gasteiger partial charge in [-0.3, -0.25) is 4.99 Å². The summed E-state index contributed by atoms with van der Waals surface area (Å²) in [5, 5.41) is 8.61. The maximum atomic E-state index is 10.2. The van der Waals surface area contributed by atoms with Gasteiger partial charge in [-0.25, -0.2) is 9.79 Å². The molecule has 0 rings (SSSR count). The van der Waals surface area contributed by atoms with E-state index in [-0.39, 0.29) is 10.9 Å². The molecule has 0 aliphatic rings. The van der Waals surface area contributed by atoms with E-state index in [9.17, 15) is 4.79 Å². The van der Waals surface area contributed by atoms with E-state index in [2.05, 4.69) is 16.7 Å². The van der Waals surface area contributed by atoms with Gasteiger partial charge in [-0.15, -0.1) is 0 Å². The van der Waals surface area contributed by atoms with Crippen molar-refractivity contribution in [1.82, 2.24) is 0 Å². The van der Waals surface area contributed by atoms with Crippen LogP contribution >= 0.6 is 11.6 Å². The summed E-state index contributed by atoms with van der Waals surface area (Å²) < 4.78 is 0. The van der Waals surface area contributed by atoms with E-state index in [1.54, 1.807) is 0 Å². The Labute approximate surface area is 68.9 Å². The van der Waals surface area contributed by atoms with Crippen LogP contribution in [-0.4, -0.2) is 23.0 Å². The van der Waals surface area contributed by atoms with Gasteiger partial charge in [0.2, 0.25) is 0 Å². The van der Waals surface area contributed by atoms with Crippen molar-refractivity contribution in [2.45, 2.75) is 6.92 Å². The molecule has 60 valence electrons. The molecule has 0 heterocycles. The minimum absolute atomic E-state index is 0.231. The summed E-state index contributed by atoms with van der Waals surface area (Å²) in [5.41, 5.74) is -0.231. The molecular weight excluding hydrogens is 168 g/mol. The van der Waals surface area contributed by atoms with Crippen LogP contribution in [0.15, 0.2) is 21.9 Å². The third-order valence-electron chi connectivity index (χ3n) is 0.754. The third kappa shape index (κ3) is 4.27. The highest BCUT2D eigenvalue weighted by molar-refractivity contribution is 6.64. The Morgan fingerprint density at radius 2 is 2.27 bits per heavy atom. The third-order valence-corrected chi connectivity index (χ3v) is 0.852. The molecule has 0 aliphatic carbocycles. The smallest absolute Gasteiger partial charge is 0.356 e. The lowest BCUT2D eigenvalue weighted by atomic mass is 10.5. The van der Waals surface area contributed by atoms with Crippen molar-refractivity contribution in [3.05, 3.63) is 11.9 Å². The van der Waals surface area contributed by atoms with Crippen molar-refractivity contribution in [3.8, 4) is 0 Å². The lowest BCUT2D eigenvalue weighted by Crippen LogP contribution is -1.96. The Balaban J connectivity index is 4.50. The monoisotopic (exact) mass is 174 g/mol. The molecule has 0 aliphatic heterocycles. The zero-order chi connectivity index (χ0) is 8.85. The highest BCUT2D eigenvalue weighted by atomic mass is 35.5. The molecule has 0 saturated heterocycles. The predicted molar refractivity (Wildman–Crippen MR) is 44.2 cm³/mol. The molecule has 0 fully saturated rings. The molecule has 0 radical (unpaired) electrons. The van der Waals surface area contributed by atoms with Crippen LogP contribution in [0.1, 0.15) is 6.92 Å². The molecular formula is C6H7ClN2O2. The minimum Gasteiger partial charge on any atom is -0.476 e. The first kappa shape index (κ1) is 9.84. The summed E-state index contributed by atoms with van der Waals surface area (Å²) >= 11 is 5.33. The largest absolute Gasteiger partial charge is 0.476 e. The topological polar surface area (TPSA) is 62.0 Å². The van der Waals surface area contributed by atoms with Crippen LogP contribution in [0.25, 0.3) is 0 Å². The summed E-state index contributed by atoms with van der Waals surface area (Å²) in [5.74, 6) is -1.18. The molecule has 5 heteroatoms. The second-order valence-corrected chi connectivity index (χ2v) is 2.15. The molecule has 0 amide bonds. The van der Waals surface area contributed by atoms with E-state index in [0.29, 0.717) is 0 Å². The Hall–Kier alpha value is -1.16. The zero-order valence-corrected chi connectivity index (χ0v) is 6.67. The first-order chi connectivity index (χ1) is 5.07. The number of halogens is 1. The van der Waals surface area contributed by atoms with Gasteiger partial charge >= 0.3 is 5.97 Å². The average molecular weight is 175 g/mol. The number of hydrogen-bond donors (Lipinski definition) is 1. The molecule has 0 saturated carbocycles. The van der Waals surface area contributed by atoms with Gasteiger partial charge < -0.3 is 5.11 Å². The van der Waals surface area contributed by atoms with Crippen molar-refractivity contribution in [3.63, 3.8) is 0 Å². The standard InChI is InChI=1S/C6H7ClN2O2/c1-4(7)9-3-5(8-2)6(10)11/h3H,2H2,1H3,(H,10,11)/b5-3-,9-4?. The molecule has 11 heavy (non-hydrogen) atoms. The van der Waals surface area contributed by atoms with Crippen molar-refractivity contribution >= 4 is 29.5 Å². The van der Waals surface area contributed by atoms with Gasteiger partial charge in [0, 0.05) is 0 Å². The number of aliphatic carboxylic acids is 1. The summed E-state index contributed by atoms with van der Waals surface area (Å²) in [4.78, 5) is 17.0. The molecule has 1 N–H and O–H groups in total. The number of hydrogen-bond acceptors (Lipinski definition) is 3. The maximum Gasteiger partial charge on any atom is 0.356 e. The van der Waals surface area contributed by atoms with Crippen LogP contribution in [0.3, 0.4) is 0 Å². The van der Waals surface area contributed by atoms with Crippen molar-refractivity contribution in [1.29, 1.82) is 0 Å². The van der Waals surface area contributed by atoms with Crippen molar-refractivity contribution < 1.29 is 9.90 Å². The summed E-state index contributed by atoms with van der Waals surface area (Å²) in [6, 6.07) is 0. The zero-order valence-electron chi connectivity index (χ0n) is 5.91. The normalized spacial score (nSPS) is 12.9. The average Bonchev–Trinajstić information content (AvgIpc) is 1.87. The van der Waals surface area contributed by atoms with Gasteiger partial charge in [-0.2, -0.15) is 0 Å². The fourth-order valence-corrected chi connectivity index (χ4v) is 0.363. The fraction of sp³-hybridized carbons (Fsp3) is 0.167. The van der Waals surface area contributed by atoms with Crippen LogP contribution in [-0.2, 0) is 4.79 Å². The molecule has 0 atom stereocenters. The van der Waals surface area contributed by atoms with E-state index in [0.717, 1.165) is 6.20 Å². The lowest BCUT2D eigenvalue weighted by molar-refractivity contribution is -0.132. The summed E-state index contributed by atoms with van der Waals surface area (Å²) in [6.07, 6.45) is 1.04. The molecule has 0 aromatic carbocycles. The quantitative estimate of drug-likeness (QED) is 0.517. The summed E-state index contributed by atoms with van der Waals surface area (Å²) in [7, 11) is 0. The number of carboxylic acid groups (broad SMARTS) is 1. The van der Waals surface area contributed by atoms with Crippen LogP contribution in [0.2, 0.25) is 0 Å². The van der Waals surface area contributed by atoms with Crippen molar-refractivity contribution in [2.75, 3.05) is 0 Å². The second kappa shape index (κ2) is 4.62. The van der Waals surface area contributed by atoms with Crippen LogP contribution < -0.4 is 0 Å². The van der Waals surface area contributed by atoms with Gasteiger partial charge in [0.25, 0.3) is 0 Å². The van der Waals surface area contributed by atoms with Gasteiger partial charge in [0.15, 0.2) is 5.70 Å². The Bertz CT molecular complexity index is 229. The maximum absolute atomic E-state index is 10.2. The van der Waals surface area contributed by atoms with Crippen molar-refractivity contribution in [2.24, 2.45) is 9.98 Å². The predicted octanol–water partition coefficient (Wildman–Crippen LogP) is 1.27. The van der Waals surface area contributed by atoms with Crippen LogP contribution in [0.5, 0.6) is 0 Å². The second-order valence-electron chi connectivity index (χ2n) is 1.60. The molecule has 0 aromatic heterocycles. The molecule has 0 aromatic rings. The summed E-state index contributed by atoms with van der Waals surface area (Å²) in [6.45, 7) is 4.58. The lowest BCUT2D eigenvalue weighted by Gasteiger charge is -1.88. The van der Waals surface area contributed by atoms with Crippen LogP contribution in [0, 0.1) is 0 Å². The van der Waals surface area contributed by atoms with Gasteiger partial charge in [0.1, 0.15) is 5.17 Å². The molecule has 0 bridgehead atoms. The fourth-order valence-electron chi connectivity index (χ4n) is 0.314. The van der Waals surface area contributed by atoms with Crippen LogP contribution in [0.4, 0.5) is 0 Å². The number of carbonyl (C=O) groups is 1.